The SMILES string of the molecule is CNCCC1CCN(C(=O)c2c(Cl)cccc2Cl)CC1.Cl. The van der Waals surface area contributed by atoms with Gasteiger partial charge in [-0.1, -0.05) is 29.3 Å². The minimum Gasteiger partial charge on any atom is -0.339 e. The van der Waals surface area contributed by atoms with Crippen molar-refractivity contribution in [1.29, 1.82) is 0 Å². The summed E-state index contributed by atoms with van der Waals surface area (Å²) in [5, 5.41) is 4.04. The van der Waals surface area contributed by atoms with Crippen molar-refractivity contribution in [2.45, 2.75) is 19.3 Å². The standard InChI is InChI=1S/C15H20Cl2N2O.ClH/c1-18-8-5-11-6-9-19(10-7-11)15(20)14-12(16)3-2-4-13(14)17;/h2-4,11,18H,5-10H2,1H3;1H. The monoisotopic (exact) mass is 350 g/mol. The molecule has 0 unspecified atom stereocenters. The van der Waals surface area contributed by atoms with E-state index in [0.29, 0.717) is 21.5 Å². The molecule has 0 bridgehead atoms. The van der Waals surface area contributed by atoms with E-state index in [-0.39, 0.29) is 18.3 Å². The van der Waals surface area contributed by atoms with E-state index in [2.05, 4.69) is 5.32 Å². The Morgan fingerprint density at radius 2 is 1.86 bits per heavy atom. The van der Waals surface area contributed by atoms with Gasteiger partial charge in [0.05, 0.1) is 15.6 Å². The molecule has 6 heteroatoms. The van der Waals surface area contributed by atoms with Gasteiger partial charge in [0.1, 0.15) is 0 Å². The Labute approximate surface area is 142 Å². The second-order valence-electron chi connectivity index (χ2n) is 5.22. The van der Waals surface area contributed by atoms with Gasteiger partial charge in [-0.05, 0) is 50.9 Å². The molecule has 2 rings (SSSR count). The molecule has 1 aliphatic rings. The first-order valence-corrected chi connectivity index (χ1v) is 7.77. The van der Waals surface area contributed by atoms with Crippen molar-refractivity contribution in [3.63, 3.8) is 0 Å². The number of hydrogen-bond donors (Lipinski definition) is 1. The van der Waals surface area contributed by atoms with Crippen LogP contribution in [-0.2, 0) is 0 Å². The molecule has 0 aromatic heterocycles. The summed E-state index contributed by atoms with van der Waals surface area (Å²) in [7, 11) is 1.97. The zero-order valence-corrected chi connectivity index (χ0v) is 14.4. The summed E-state index contributed by atoms with van der Waals surface area (Å²) in [6.45, 7) is 2.61. The van der Waals surface area contributed by atoms with Gasteiger partial charge in [0.2, 0.25) is 0 Å². The molecule has 1 fully saturated rings. The molecule has 0 radical (unpaired) electrons. The fraction of sp³-hybridized carbons (Fsp3) is 0.533. The molecule has 1 heterocycles. The Kier molecular flexibility index (Phi) is 7.82. The first-order valence-electron chi connectivity index (χ1n) is 7.01. The van der Waals surface area contributed by atoms with Gasteiger partial charge in [0.15, 0.2) is 0 Å². The van der Waals surface area contributed by atoms with Crippen LogP contribution in [0.5, 0.6) is 0 Å². The van der Waals surface area contributed by atoms with Crippen molar-refractivity contribution in [3.8, 4) is 0 Å². The van der Waals surface area contributed by atoms with E-state index in [4.69, 9.17) is 23.2 Å². The molecule has 0 spiro atoms. The van der Waals surface area contributed by atoms with Gasteiger partial charge in [-0.25, -0.2) is 0 Å². The fourth-order valence-corrected chi connectivity index (χ4v) is 3.19. The Morgan fingerprint density at radius 1 is 1.29 bits per heavy atom. The molecule has 21 heavy (non-hydrogen) atoms. The van der Waals surface area contributed by atoms with Crippen LogP contribution in [0.3, 0.4) is 0 Å². The first-order chi connectivity index (χ1) is 9.63. The number of hydrogen-bond acceptors (Lipinski definition) is 2. The van der Waals surface area contributed by atoms with Crippen LogP contribution >= 0.6 is 35.6 Å². The lowest BCUT2D eigenvalue weighted by Crippen LogP contribution is -2.39. The average molecular weight is 352 g/mol. The maximum absolute atomic E-state index is 12.5. The first kappa shape index (κ1) is 18.6. The van der Waals surface area contributed by atoms with Gasteiger partial charge in [-0.2, -0.15) is 0 Å². The van der Waals surface area contributed by atoms with Crippen molar-refractivity contribution in [3.05, 3.63) is 33.8 Å². The van der Waals surface area contributed by atoms with Crippen LogP contribution < -0.4 is 5.32 Å². The lowest BCUT2D eigenvalue weighted by Gasteiger charge is -2.32. The highest BCUT2D eigenvalue weighted by Crippen LogP contribution is 2.28. The zero-order valence-electron chi connectivity index (χ0n) is 12.1. The van der Waals surface area contributed by atoms with E-state index < -0.39 is 0 Å². The Morgan fingerprint density at radius 3 is 2.38 bits per heavy atom. The summed E-state index contributed by atoms with van der Waals surface area (Å²) in [6.07, 6.45) is 3.27. The minimum atomic E-state index is -0.0485. The molecule has 0 atom stereocenters. The second-order valence-corrected chi connectivity index (χ2v) is 6.04. The number of benzene rings is 1. The lowest BCUT2D eigenvalue weighted by atomic mass is 9.93. The summed E-state index contributed by atoms with van der Waals surface area (Å²) in [4.78, 5) is 14.4. The predicted octanol–water partition coefficient (Wildman–Crippen LogP) is 3.88. The van der Waals surface area contributed by atoms with E-state index in [1.807, 2.05) is 11.9 Å². The topological polar surface area (TPSA) is 32.3 Å². The summed E-state index contributed by atoms with van der Waals surface area (Å²) >= 11 is 12.2. The smallest absolute Gasteiger partial charge is 0.256 e. The molecule has 3 nitrogen and oxygen atoms in total. The zero-order chi connectivity index (χ0) is 14.5. The molecule has 1 aliphatic heterocycles. The number of nitrogens with zero attached hydrogens (tertiary/aromatic N) is 1. The van der Waals surface area contributed by atoms with Crippen molar-refractivity contribution in [2.75, 3.05) is 26.7 Å². The largest absolute Gasteiger partial charge is 0.339 e. The van der Waals surface area contributed by atoms with Crippen LogP contribution in [0.4, 0.5) is 0 Å². The molecule has 1 N–H and O–H groups in total. The number of nitrogens with one attached hydrogen (secondary N) is 1. The fourth-order valence-electron chi connectivity index (χ4n) is 2.63. The van der Waals surface area contributed by atoms with Crippen LogP contribution in [0.1, 0.15) is 29.6 Å². The Balaban J connectivity index is 0.00000220. The number of likely N-dealkylation sites (tertiary alicyclic amines) is 1. The van der Waals surface area contributed by atoms with E-state index in [9.17, 15) is 4.79 Å². The Bertz CT molecular complexity index is 454. The minimum absolute atomic E-state index is 0. The lowest BCUT2D eigenvalue weighted by molar-refractivity contribution is 0.0687. The van der Waals surface area contributed by atoms with Gasteiger partial charge in [0.25, 0.3) is 5.91 Å². The van der Waals surface area contributed by atoms with E-state index in [0.717, 1.165) is 32.5 Å². The van der Waals surface area contributed by atoms with Crippen molar-refractivity contribution in [1.82, 2.24) is 10.2 Å². The summed E-state index contributed by atoms with van der Waals surface area (Å²) in [6, 6.07) is 5.17. The maximum atomic E-state index is 12.5. The molecule has 1 aromatic carbocycles. The van der Waals surface area contributed by atoms with Gasteiger partial charge in [-0.15, -0.1) is 12.4 Å². The number of amides is 1. The molecule has 0 aliphatic carbocycles. The average Bonchev–Trinajstić information content (AvgIpc) is 2.45. The van der Waals surface area contributed by atoms with Crippen molar-refractivity contribution in [2.24, 2.45) is 5.92 Å². The highest BCUT2D eigenvalue weighted by atomic mass is 35.5. The van der Waals surface area contributed by atoms with Crippen LogP contribution in [0, 0.1) is 5.92 Å². The quantitative estimate of drug-likeness (QED) is 0.893. The van der Waals surface area contributed by atoms with Gasteiger partial charge >= 0.3 is 0 Å². The number of piperidine rings is 1. The van der Waals surface area contributed by atoms with E-state index in [1.54, 1.807) is 18.2 Å². The molecule has 1 saturated heterocycles. The van der Waals surface area contributed by atoms with Crippen LogP contribution in [0.25, 0.3) is 0 Å². The highest BCUT2D eigenvalue weighted by Gasteiger charge is 2.25. The second kappa shape index (κ2) is 8.84. The summed E-state index contributed by atoms with van der Waals surface area (Å²) in [5.74, 6) is 0.654. The molecule has 0 saturated carbocycles. The molecule has 1 aromatic rings. The van der Waals surface area contributed by atoms with Crippen LogP contribution in [-0.4, -0.2) is 37.5 Å². The molecular weight excluding hydrogens is 331 g/mol. The van der Waals surface area contributed by atoms with Crippen molar-refractivity contribution < 1.29 is 4.79 Å². The van der Waals surface area contributed by atoms with E-state index >= 15 is 0 Å². The molecule has 1 amide bonds. The number of rotatable bonds is 4. The van der Waals surface area contributed by atoms with E-state index in [1.165, 1.54) is 6.42 Å². The normalized spacial score (nSPS) is 15.7. The number of carbonyl (C=O) groups is 1. The van der Waals surface area contributed by atoms with Gasteiger partial charge in [-0.3, -0.25) is 4.79 Å². The highest BCUT2D eigenvalue weighted by molar-refractivity contribution is 6.39. The Hall–Kier alpha value is -0.480. The third-order valence-corrected chi connectivity index (χ3v) is 4.51. The maximum Gasteiger partial charge on any atom is 0.256 e. The van der Waals surface area contributed by atoms with Gasteiger partial charge in [0, 0.05) is 13.1 Å². The van der Waals surface area contributed by atoms with Crippen LogP contribution in [0.15, 0.2) is 18.2 Å². The molecular formula is C15H21Cl3N2O. The summed E-state index contributed by atoms with van der Waals surface area (Å²) < 4.78 is 0. The molecule has 118 valence electrons. The van der Waals surface area contributed by atoms with Gasteiger partial charge < -0.3 is 10.2 Å². The third kappa shape index (κ3) is 4.75. The number of carbonyl (C=O) groups excluding carboxylic acids is 1. The van der Waals surface area contributed by atoms with Crippen LogP contribution in [0.2, 0.25) is 10.0 Å². The third-order valence-electron chi connectivity index (χ3n) is 3.88. The summed E-state index contributed by atoms with van der Waals surface area (Å²) in [5.41, 5.74) is 0.435. The number of halogens is 3. The van der Waals surface area contributed by atoms with Crippen molar-refractivity contribution >= 4 is 41.5 Å². The predicted molar refractivity (Wildman–Crippen MR) is 90.9 cm³/mol.